The lowest BCUT2D eigenvalue weighted by Gasteiger charge is -2.36. The molecule has 0 radical (unpaired) electrons. The summed E-state index contributed by atoms with van der Waals surface area (Å²) < 4.78 is 39.1. The number of anilines is 2. The Morgan fingerprint density at radius 2 is 1.76 bits per heavy atom. The number of phenols is 1. The molecule has 12 heteroatoms. The summed E-state index contributed by atoms with van der Waals surface area (Å²) in [5, 5.41) is 12.0. The van der Waals surface area contributed by atoms with Crippen molar-refractivity contribution in [3.63, 3.8) is 0 Å². The molecule has 9 nitrogen and oxygen atoms in total. The van der Waals surface area contributed by atoms with E-state index in [1.54, 1.807) is 7.05 Å². The van der Waals surface area contributed by atoms with Gasteiger partial charge in [0.15, 0.2) is 0 Å². The molecule has 0 aliphatic carbocycles. The number of aliphatic imine (C=N–C) groups is 1. The smallest absolute Gasteiger partial charge is 0.420 e. The molecule has 204 valence electrons. The highest BCUT2D eigenvalue weighted by Gasteiger charge is 2.35. The van der Waals surface area contributed by atoms with Crippen molar-refractivity contribution in [2.45, 2.75) is 12.6 Å². The Labute approximate surface area is 218 Å². The van der Waals surface area contributed by atoms with Crippen LogP contribution in [-0.4, -0.2) is 85.4 Å². The number of carbonyl (C=O) groups excluding carboxylic acids is 2. The van der Waals surface area contributed by atoms with E-state index in [0.717, 1.165) is 17.3 Å². The van der Waals surface area contributed by atoms with Crippen LogP contribution in [-0.2, 0) is 15.8 Å². The highest BCUT2D eigenvalue weighted by molar-refractivity contribution is 5.97. The number of alkyl halides is 3. The highest BCUT2D eigenvalue weighted by atomic mass is 19.4. The third-order valence-corrected chi connectivity index (χ3v) is 6.97. The molecule has 2 aliphatic heterocycles. The van der Waals surface area contributed by atoms with E-state index in [1.807, 2.05) is 34.1 Å². The lowest BCUT2D eigenvalue weighted by Crippen LogP contribution is -2.51. The summed E-state index contributed by atoms with van der Waals surface area (Å²) in [6.45, 7) is 3.63. The van der Waals surface area contributed by atoms with Gasteiger partial charge in [-0.05, 0) is 55.4 Å². The number of aromatic hydroxyl groups is 1. The fourth-order valence-corrected chi connectivity index (χ4v) is 4.75. The van der Waals surface area contributed by atoms with Crippen molar-refractivity contribution >= 4 is 29.0 Å². The Kier molecular flexibility index (Phi) is 8.10. The van der Waals surface area contributed by atoms with Crippen LogP contribution in [0.1, 0.15) is 17.5 Å². The van der Waals surface area contributed by atoms with Crippen LogP contribution in [0, 0.1) is 5.92 Å². The molecule has 2 aliphatic rings. The number of nitrogens with two attached hydrogens (primary N) is 1. The lowest BCUT2D eigenvalue weighted by atomic mass is 10.1. The Morgan fingerprint density at radius 3 is 2.39 bits per heavy atom. The van der Waals surface area contributed by atoms with E-state index in [-0.39, 0.29) is 18.1 Å². The SMILES string of the molecule is CN=C(N)c1ccc(N2CCN(C(=O)CN3CC[C@@H](C(=O)Nc4ccc(O)c(C(F)(F)F)c4)C3)CC2)cc1. The van der Waals surface area contributed by atoms with Crippen LogP contribution >= 0.6 is 0 Å². The minimum Gasteiger partial charge on any atom is -0.507 e. The molecule has 2 saturated heterocycles. The number of hydrogen-bond donors (Lipinski definition) is 3. The van der Waals surface area contributed by atoms with Crippen molar-refractivity contribution < 1.29 is 27.9 Å². The van der Waals surface area contributed by atoms with Gasteiger partial charge >= 0.3 is 6.18 Å². The molecule has 0 unspecified atom stereocenters. The van der Waals surface area contributed by atoms with E-state index in [2.05, 4.69) is 15.2 Å². The zero-order valence-electron chi connectivity index (χ0n) is 21.0. The van der Waals surface area contributed by atoms with E-state index >= 15 is 0 Å². The van der Waals surface area contributed by atoms with Gasteiger partial charge in [0, 0.05) is 56.7 Å². The number of rotatable bonds is 6. The zero-order valence-corrected chi connectivity index (χ0v) is 21.0. The van der Waals surface area contributed by atoms with Crippen LogP contribution < -0.4 is 16.0 Å². The normalized spacial score (nSPS) is 19.1. The summed E-state index contributed by atoms with van der Waals surface area (Å²) >= 11 is 0. The van der Waals surface area contributed by atoms with Crippen molar-refractivity contribution in [3.05, 3.63) is 53.6 Å². The highest BCUT2D eigenvalue weighted by Crippen LogP contribution is 2.37. The molecule has 4 rings (SSSR count). The number of amides is 2. The monoisotopic (exact) mass is 532 g/mol. The van der Waals surface area contributed by atoms with Gasteiger partial charge in [-0.3, -0.25) is 19.5 Å². The number of nitrogens with one attached hydrogen (secondary N) is 1. The first-order valence-corrected chi connectivity index (χ1v) is 12.3. The van der Waals surface area contributed by atoms with Gasteiger partial charge in [0.2, 0.25) is 11.8 Å². The average Bonchev–Trinajstić information content (AvgIpc) is 3.37. The minimum atomic E-state index is -4.73. The summed E-state index contributed by atoms with van der Waals surface area (Å²) in [6, 6.07) is 10.7. The number of piperazine rings is 1. The Bertz CT molecular complexity index is 1190. The van der Waals surface area contributed by atoms with Crippen LogP contribution in [0.4, 0.5) is 24.5 Å². The molecule has 2 amide bonds. The molecule has 1 atom stereocenters. The summed E-state index contributed by atoms with van der Waals surface area (Å²) in [4.78, 5) is 35.4. The summed E-state index contributed by atoms with van der Waals surface area (Å²) in [6.07, 6.45) is -4.23. The predicted octanol–water partition coefficient (Wildman–Crippen LogP) is 2.36. The number of amidine groups is 1. The third-order valence-electron chi connectivity index (χ3n) is 6.97. The Morgan fingerprint density at radius 1 is 1.08 bits per heavy atom. The molecule has 2 fully saturated rings. The van der Waals surface area contributed by atoms with Crippen molar-refractivity contribution in [1.82, 2.24) is 9.80 Å². The molecule has 2 aromatic rings. The molecule has 0 aromatic heterocycles. The van der Waals surface area contributed by atoms with Gasteiger partial charge in [0.05, 0.1) is 18.0 Å². The van der Waals surface area contributed by atoms with E-state index in [9.17, 15) is 27.9 Å². The molecular formula is C26H31F3N6O3. The van der Waals surface area contributed by atoms with Gasteiger partial charge < -0.3 is 26.0 Å². The first-order valence-electron chi connectivity index (χ1n) is 12.3. The number of nitrogens with zero attached hydrogens (tertiary/aromatic N) is 4. The first kappa shape index (κ1) is 27.2. The molecule has 2 heterocycles. The maximum absolute atomic E-state index is 13.0. The fraction of sp³-hybridized carbons (Fsp3) is 0.423. The predicted molar refractivity (Wildman–Crippen MR) is 138 cm³/mol. The van der Waals surface area contributed by atoms with Gasteiger partial charge in [-0.25, -0.2) is 0 Å². The maximum Gasteiger partial charge on any atom is 0.420 e. The van der Waals surface area contributed by atoms with Gasteiger partial charge in [0.1, 0.15) is 11.6 Å². The van der Waals surface area contributed by atoms with Gasteiger partial charge in [-0.2, -0.15) is 13.2 Å². The zero-order chi connectivity index (χ0) is 27.4. The molecular weight excluding hydrogens is 501 g/mol. The van der Waals surface area contributed by atoms with Crippen molar-refractivity contribution in [1.29, 1.82) is 0 Å². The maximum atomic E-state index is 13.0. The Hall–Kier alpha value is -3.80. The number of hydrogen-bond acceptors (Lipinski definition) is 6. The number of phenolic OH excluding ortho intramolecular Hbond substituents is 1. The number of carbonyl (C=O) groups is 2. The number of likely N-dealkylation sites (tertiary alicyclic amines) is 1. The second kappa shape index (κ2) is 11.3. The van der Waals surface area contributed by atoms with Crippen LogP contribution in [0.5, 0.6) is 5.75 Å². The Balaban J connectivity index is 1.24. The van der Waals surface area contributed by atoms with Crippen LogP contribution in [0.3, 0.4) is 0 Å². The van der Waals surface area contributed by atoms with Crippen LogP contribution in [0.2, 0.25) is 0 Å². The van der Waals surface area contributed by atoms with Crippen molar-refractivity contribution in [2.75, 3.05) is 63.1 Å². The van der Waals surface area contributed by atoms with Crippen molar-refractivity contribution in [2.24, 2.45) is 16.6 Å². The van der Waals surface area contributed by atoms with Crippen molar-refractivity contribution in [3.8, 4) is 5.75 Å². The van der Waals surface area contributed by atoms with Gasteiger partial charge in [-0.1, -0.05) is 0 Å². The number of halogens is 3. The molecule has 0 spiro atoms. The molecule has 38 heavy (non-hydrogen) atoms. The lowest BCUT2D eigenvalue weighted by molar-refractivity contribution is -0.138. The largest absolute Gasteiger partial charge is 0.507 e. The fourth-order valence-electron chi connectivity index (χ4n) is 4.75. The van der Waals surface area contributed by atoms with Gasteiger partial charge in [0.25, 0.3) is 0 Å². The van der Waals surface area contributed by atoms with Gasteiger partial charge in [-0.15, -0.1) is 0 Å². The van der Waals surface area contributed by atoms with E-state index in [0.29, 0.717) is 57.6 Å². The molecule has 2 aromatic carbocycles. The quantitative estimate of drug-likeness (QED) is 0.299. The van der Waals surface area contributed by atoms with E-state index in [1.165, 1.54) is 6.07 Å². The molecule has 0 bridgehead atoms. The van der Waals surface area contributed by atoms with E-state index < -0.39 is 29.3 Å². The van der Waals surface area contributed by atoms with E-state index in [4.69, 9.17) is 5.73 Å². The first-order chi connectivity index (χ1) is 18.0. The topological polar surface area (TPSA) is 115 Å². The minimum absolute atomic E-state index is 0.0126. The number of benzene rings is 2. The second-order valence-electron chi connectivity index (χ2n) is 9.46. The summed E-state index contributed by atoms with van der Waals surface area (Å²) in [5.74, 6) is -1.29. The summed E-state index contributed by atoms with van der Waals surface area (Å²) in [5.41, 5.74) is 6.51. The standard InChI is InChI=1S/C26H31F3N6O3/c1-31-24(30)17-2-5-20(6-3-17)34-10-12-35(13-11-34)23(37)16-33-9-8-18(15-33)25(38)32-19-4-7-22(36)21(14-19)26(27,28)29/h2-7,14,18,36H,8-13,15-16H2,1H3,(H2,30,31)(H,32,38)/t18-/m1/s1. The second-order valence-corrected chi connectivity index (χ2v) is 9.46. The third kappa shape index (κ3) is 6.36. The molecule has 0 saturated carbocycles. The molecule has 4 N–H and O–H groups in total. The summed E-state index contributed by atoms with van der Waals surface area (Å²) in [7, 11) is 1.64. The average molecular weight is 533 g/mol. The van der Waals surface area contributed by atoms with Crippen LogP contribution in [0.25, 0.3) is 0 Å². The van der Waals surface area contributed by atoms with Crippen LogP contribution in [0.15, 0.2) is 47.5 Å².